The van der Waals surface area contributed by atoms with Gasteiger partial charge in [0.2, 0.25) is 5.88 Å². The van der Waals surface area contributed by atoms with Crippen LogP contribution in [-0.4, -0.2) is 28.0 Å². The Hall–Kier alpha value is -2.22. The first kappa shape index (κ1) is 14.8. The van der Waals surface area contributed by atoms with Gasteiger partial charge in [0.15, 0.2) is 0 Å². The van der Waals surface area contributed by atoms with E-state index in [0.717, 1.165) is 12.3 Å². The minimum Gasteiger partial charge on any atom is -0.475 e. The number of pyridine rings is 1. The number of nitrogens with two attached hydrogens (primary N) is 2. The molecule has 8 nitrogen and oxygen atoms in total. The second-order valence-corrected chi connectivity index (χ2v) is 4.46. The molecular formula is C11H16N4O4. The third kappa shape index (κ3) is 3.88. The van der Waals surface area contributed by atoms with Crippen LogP contribution in [0.15, 0.2) is 12.3 Å². The van der Waals surface area contributed by atoms with Crippen LogP contribution in [0, 0.1) is 10.1 Å². The smallest absolute Gasteiger partial charge is 0.288 e. The number of carbonyl (C=O) groups excluding carboxylic acids is 1. The summed E-state index contributed by atoms with van der Waals surface area (Å²) in [6.07, 6.45) is 1.66. The maximum atomic E-state index is 11.2. The molecule has 1 aromatic rings. The lowest BCUT2D eigenvalue weighted by Gasteiger charge is -2.22. The highest BCUT2D eigenvalue weighted by atomic mass is 16.6. The molecule has 0 aliphatic rings. The Balaban J connectivity index is 3.01. The maximum absolute atomic E-state index is 11.2. The lowest BCUT2D eigenvalue weighted by molar-refractivity contribution is -0.385. The molecule has 0 saturated carbocycles. The highest BCUT2D eigenvalue weighted by molar-refractivity contribution is 5.95. The van der Waals surface area contributed by atoms with Crippen molar-refractivity contribution in [1.29, 1.82) is 0 Å². The van der Waals surface area contributed by atoms with E-state index in [0.29, 0.717) is 6.42 Å². The fourth-order valence-electron chi connectivity index (χ4n) is 1.17. The Morgan fingerprint density at radius 3 is 2.74 bits per heavy atom. The molecule has 1 atom stereocenters. The summed E-state index contributed by atoms with van der Waals surface area (Å²) in [6.45, 7) is 3.79. The lowest BCUT2D eigenvalue weighted by Crippen LogP contribution is -2.41. The Bertz CT molecular complexity index is 501. The summed E-state index contributed by atoms with van der Waals surface area (Å²) in [5, 5.41) is 10.6. The van der Waals surface area contributed by atoms with Gasteiger partial charge in [0.1, 0.15) is 18.4 Å². The van der Waals surface area contributed by atoms with Crippen molar-refractivity contribution in [2.75, 3.05) is 6.61 Å². The van der Waals surface area contributed by atoms with Gasteiger partial charge in [-0.05, 0) is 13.3 Å². The number of rotatable bonds is 6. The van der Waals surface area contributed by atoms with Crippen LogP contribution < -0.4 is 16.2 Å². The number of hydrogen-bond acceptors (Lipinski definition) is 6. The van der Waals surface area contributed by atoms with Gasteiger partial charge in [0.25, 0.3) is 11.6 Å². The van der Waals surface area contributed by atoms with Crippen LogP contribution in [0.2, 0.25) is 0 Å². The summed E-state index contributed by atoms with van der Waals surface area (Å²) < 4.78 is 5.33. The van der Waals surface area contributed by atoms with Gasteiger partial charge < -0.3 is 16.2 Å². The number of nitrogens with zero attached hydrogens (tertiary/aromatic N) is 2. The van der Waals surface area contributed by atoms with E-state index in [2.05, 4.69) is 4.98 Å². The molecule has 4 N–H and O–H groups in total. The normalized spacial score (nSPS) is 13.6. The number of nitro groups is 1. The van der Waals surface area contributed by atoms with Crippen LogP contribution in [0.25, 0.3) is 0 Å². The number of hydrogen-bond donors (Lipinski definition) is 2. The molecule has 0 aliphatic heterocycles. The average Bonchev–Trinajstić information content (AvgIpc) is 2.36. The van der Waals surface area contributed by atoms with Gasteiger partial charge in [-0.15, -0.1) is 0 Å². The number of primary amides is 1. The van der Waals surface area contributed by atoms with Crippen LogP contribution in [0.1, 0.15) is 30.6 Å². The van der Waals surface area contributed by atoms with Crippen molar-refractivity contribution in [3.63, 3.8) is 0 Å². The van der Waals surface area contributed by atoms with E-state index in [1.165, 1.54) is 0 Å². The molecule has 0 aliphatic carbocycles. The van der Waals surface area contributed by atoms with Crippen LogP contribution in [0.5, 0.6) is 5.88 Å². The van der Waals surface area contributed by atoms with E-state index in [1.54, 1.807) is 6.92 Å². The zero-order chi connectivity index (χ0) is 14.6. The molecule has 0 saturated heterocycles. The summed E-state index contributed by atoms with van der Waals surface area (Å²) in [6, 6.07) is 1.03. The maximum Gasteiger partial charge on any atom is 0.288 e. The van der Waals surface area contributed by atoms with E-state index in [4.69, 9.17) is 16.2 Å². The third-order valence-electron chi connectivity index (χ3n) is 2.66. The van der Waals surface area contributed by atoms with E-state index < -0.39 is 16.4 Å². The van der Waals surface area contributed by atoms with Crippen LogP contribution in [0.3, 0.4) is 0 Å². The molecule has 19 heavy (non-hydrogen) atoms. The van der Waals surface area contributed by atoms with Crippen molar-refractivity contribution in [2.24, 2.45) is 11.5 Å². The van der Waals surface area contributed by atoms with E-state index in [-0.39, 0.29) is 23.7 Å². The first-order valence-electron chi connectivity index (χ1n) is 5.63. The lowest BCUT2D eigenvalue weighted by atomic mass is 10.0. The third-order valence-corrected chi connectivity index (χ3v) is 2.66. The van der Waals surface area contributed by atoms with Gasteiger partial charge in [-0.25, -0.2) is 4.98 Å². The molecule has 104 valence electrons. The van der Waals surface area contributed by atoms with Crippen LogP contribution in [0.4, 0.5) is 5.69 Å². The fraction of sp³-hybridized carbons (Fsp3) is 0.455. The molecule has 0 aromatic carbocycles. The molecule has 1 amide bonds. The van der Waals surface area contributed by atoms with Gasteiger partial charge in [-0.3, -0.25) is 14.9 Å². The zero-order valence-electron chi connectivity index (χ0n) is 10.8. The molecule has 0 spiro atoms. The average molecular weight is 268 g/mol. The minimum absolute atomic E-state index is 0.0526. The standard InChI is InChI=1S/C11H16N4O4/c1-3-11(2,13)6-19-10-8(9(12)16)4-7(5-14-10)15(17)18/h4-5H,3,6,13H2,1-2H3,(H2,12,16). The van der Waals surface area contributed by atoms with Gasteiger partial charge in [0.05, 0.1) is 4.92 Å². The number of ether oxygens (including phenoxy) is 1. The molecule has 1 unspecified atom stereocenters. The molecule has 0 fully saturated rings. The van der Waals surface area contributed by atoms with Gasteiger partial charge in [-0.1, -0.05) is 6.92 Å². The van der Waals surface area contributed by atoms with Crippen molar-refractivity contribution < 1.29 is 14.5 Å². The molecule has 1 aromatic heterocycles. The second-order valence-electron chi connectivity index (χ2n) is 4.46. The first-order valence-corrected chi connectivity index (χ1v) is 5.63. The molecule has 8 heteroatoms. The number of amides is 1. The molecular weight excluding hydrogens is 252 g/mol. The number of carbonyl (C=O) groups is 1. The van der Waals surface area contributed by atoms with Crippen LogP contribution >= 0.6 is 0 Å². The monoisotopic (exact) mass is 268 g/mol. The zero-order valence-corrected chi connectivity index (χ0v) is 10.8. The first-order chi connectivity index (χ1) is 8.76. The van der Waals surface area contributed by atoms with E-state index in [1.807, 2.05) is 6.92 Å². The Morgan fingerprint density at radius 1 is 1.63 bits per heavy atom. The molecule has 1 rings (SSSR count). The number of aromatic nitrogens is 1. The summed E-state index contributed by atoms with van der Waals surface area (Å²) >= 11 is 0. The van der Waals surface area contributed by atoms with Crippen molar-refractivity contribution in [3.8, 4) is 5.88 Å². The molecule has 0 radical (unpaired) electrons. The largest absolute Gasteiger partial charge is 0.475 e. The topological polar surface area (TPSA) is 134 Å². The van der Waals surface area contributed by atoms with Gasteiger partial charge in [-0.2, -0.15) is 0 Å². The second kappa shape index (κ2) is 5.61. The fourth-order valence-corrected chi connectivity index (χ4v) is 1.17. The summed E-state index contributed by atoms with van der Waals surface area (Å²) in [7, 11) is 0. The molecule has 0 bridgehead atoms. The Labute approximate surface area is 109 Å². The summed E-state index contributed by atoms with van der Waals surface area (Å²) in [5.74, 6) is -0.898. The SMILES string of the molecule is CCC(C)(N)COc1ncc([N+](=O)[O-])cc1C(N)=O. The van der Waals surface area contributed by atoms with Crippen molar-refractivity contribution in [1.82, 2.24) is 4.98 Å². The summed E-state index contributed by atoms with van der Waals surface area (Å²) in [5.41, 5.74) is 9.98. The minimum atomic E-state index is -0.846. The predicted molar refractivity (Wildman–Crippen MR) is 67.8 cm³/mol. The summed E-state index contributed by atoms with van der Waals surface area (Å²) in [4.78, 5) is 24.9. The predicted octanol–water partition coefficient (Wildman–Crippen LogP) is 0.595. The van der Waals surface area contributed by atoms with E-state index in [9.17, 15) is 14.9 Å². The highest BCUT2D eigenvalue weighted by Gasteiger charge is 2.21. The van der Waals surface area contributed by atoms with Gasteiger partial charge >= 0.3 is 0 Å². The van der Waals surface area contributed by atoms with Gasteiger partial charge in [0, 0.05) is 11.6 Å². The van der Waals surface area contributed by atoms with Crippen molar-refractivity contribution in [3.05, 3.63) is 27.9 Å². The van der Waals surface area contributed by atoms with Crippen molar-refractivity contribution in [2.45, 2.75) is 25.8 Å². The highest BCUT2D eigenvalue weighted by Crippen LogP contribution is 2.21. The Kier molecular flexibility index (Phi) is 4.38. The van der Waals surface area contributed by atoms with Crippen molar-refractivity contribution >= 4 is 11.6 Å². The molecule has 1 heterocycles. The quantitative estimate of drug-likeness (QED) is 0.572. The Morgan fingerprint density at radius 2 is 2.26 bits per heavy atom. The van der Waals surface area contributed by atoms with E-state index >= 15 is 0 Å². The van der Waals surface area contributed by atoms with Crippen LogP contribution in [-0.2, 0) is 0 Å².